The summed E-state index contributed by atoms with van der Waals surface area (Å²) >= 11 is 0. The number of carbonyl (C=O) groups excluding carboxylic acids is 1. The average Bonchev–Trinajstić information content (AvgIpc) is 2.87. The standard InChI is InChI=1S/C17H34N2O/c1-3-4-5-6-7-8-9-10-11-14-18-17(20)16-13-12-15-19(16)2/h16H,3-15H2,1-2H3,(H,18,20). The van der Waals surface area contributed by atoms with Crippen LogP contribution in [0.15, 0.2) is 0 Å². The van der Waals surface area contributed by atoms with E-state index in [1.807, 2.05) is 0 Å². The normalized spacial score (nSPS) is 19.4. The molecule has 0 bridgehead atoms. The van der Waals surface area contributed by atoms with Gasteiger partial charge in [0, 0.05) is 6.54 Å². The van der Waals surface area contributed by atoms with Crippen LogP contribution in [-0.2, 0) is 4.79 Å². The summed E-state index contributed by atoms with van der Waals surface area (Å²) in [6.45, 7) is 4.19. The smallest absolute Gasteiger partial charge is 0.237 e. The molecule has 1 saturated heterocycles. The number of hydrogen-bond acceptors (Lipinski definition) is 2. The highest BCUT2D eigenvalue weighted by molar-refractivity contribution is 5.81. The molecule has 0 aromatic carbocycles. The van der Waals surface area contributed by atoms with Crippen LogP contribution in [0.1, 0.15) is 77.6 Å². The fraction of sp³-hybridized carbons (Fsp3) is 0.941. The van der Waals surface area contributed by atoms with Gasteiger partial charge in [0.15, 0.2) is 0 Å². The zero-order chi connectivity index (χ0) is 14.6. The van der Waals surface area contributed by atoms with Crippen LogP contribution in [0.3, 0.4) is 0 Å². The fourth-order valence-corrected chi connectivity index (χ4v) is 3.01. The molecular formula is C17H34N2O. The minimum absolute atomic E-state index is 0.133. The highest BCUT2D eigenvalue weighted by Gasteiger charge is 2.26. The van der Waals surface area contributed by atoms with Gasteiger partial charge in [0.05, 0.1) is 6.04 Å². The van der Waals surface area contributed by atoms with Gasteiger partial charge in [0.1, 0.15) is 0 Å². The van der Waals surface area contributed by atoms with Crippen molar-refractivity contribution in [1.29, 1.82) is 0 Å². The third kappa shape index (κ3) is 7.28. The summed E-state index contributed by atoms with van der Waals surface area (Å²) in [4.78, 5) is 14.1. The number of rotatable bonds is 11. The van der Waals surface area contributed by atoms with Crippen molar-refractivity contribution in [2.75, 3.05) is 20.1 Å². The van der Waals surface area contributed by atoms with Crippen molar-refractivity contribution in [3.8, 4) is 0 Å². The Morgan fingerprint density at radius 1 is 1.05 bits per heavy atom. The van der Waals surface area contributed by atoms with Crippen LogP contribution in [0.4, 0.5) is 0 Å². The number of unbranched alkanes of at least 4 members (excludes halogenated alkanes) is 8. The Kier molecular flexibility index (Phi) is 9.73. The van der Waals surface area contributed by atoms with Crippen molar-refractivity contribution in [1.82, 2.24) is 10.2 Å². The van der Waals surface area contributed by atoms with Crippen molar-refractivity contribution >= 4 is 5.91 Å². The summed E-state index contributed by atoms with van der Waals surface area (Å²) in [5, 5.41) is 3.09. The van der Waals surface area contributed by atoms with E-state index in [-0.39, 0.29) is 11.9 Å². The lowest BCUT2D eigenvalue weighted by Gasteiger charge is -2.18. The SMILES string of the molecule is CCCCCCCCCCCNC(=O)C1CCCN1C. The maximum absolute atomic E-state index is 11.9. The van der Waals surface area contributed by atoms with Gasteiger partial charge >= 0.3 is 0 Å². The van der Waals surface area contributed by atoms with Gasteiger partial charge < -0.3 is 5.32 Å². The summed E-state index contributed by atoms with van der Waals surface area (Å²) in [6, 6.07) is 0.133. The molecule has 0 aliphatic carbocycles. The Labute approximate surface area is 125 Å². The Hall–Kier alpha value is -0.570. The van der Waals surface area contributed by atoms with E-state index in [0.717, 1.165) is 32.4 Å². The molecule has 1 amide bonds. The minimum Gasteiger partial charge on any atom is -0.355 e. The van der Waals surface area contributed by atoms with Crippen molar-refractivity contribution < 1.29 is 4.79 Å². The quantitative estimate of drug-likeness (QED) is 0.586. The summed E-state index contributed by atoms with van der Waals surface area (Å²) in [5.41, 5.74) is 0. The van der Waals surface area contributed by atoms with Crippen molar-refractivity contribution in [3.63, 3.8) is 0 Å². The molecule has 1 heterocycles. The number of carbonyl (C=O) groups is 1. The van der Waals surface area contributed by atoms with Gasteiger partial charge in [-0.15, -0.1) is 0 Å². The molecule has 0 aromatic rings. The number of hydrogen-bond donors (Lipinski definition) is 1. The topological polar surface area (TPSA) is 32.3 Å². The monoisotopic (exact) mass is 282 g/mol. The third-order valence-electron chi connectivity index (χ3n) is 4.40. The molecule has 1 rings (SSSR count). The molecule has 1 N–H and O–H groups in total. The van der Waals surface area contributed by atoms with Crippen LogP contribution in [0.5, 0.6) is 0 Å². The van der Waals surface area contributed by atoms with E-state index in [9.17, 15) is 4.79 Å². The molecule has 0 saturated carbocycles. The second kappa shape index (κ2) is 11.1. The van der Waals surface area contributed by atoms with Crippen LogP contribution in [-0.4, -0.2) is 37.0 Å². The maximum Gasteiger partial charge on any atom is 0.237 e. The van der Waals surface area contributed by atoms with E-state index in [0.29, 0.717) is 0 Å². The van der Waals surface area contributed by atoms with Gasteiger partial charge in [-0.2, -0.15) is 0 Å². The number of likely N-dealkylation sites (N-methyl/N-ethyl adjacent to an activating group) is 1. The highest BCUT2D eigenvalue weighted by atomic mass is 16.2. The van der Waals surface area contributed by atoms with E-state index in [4.69, 9.17) is 0 Å². The summed E-state index contributed by atoms with van der Waals surface area (Å²) < 4.78 is 0. The van der Waals surface area contributed by atoms with E-state index >= 15 is 0 Å². The number of likely N-dealkylation sites (tertiary alicyclic amines) is 1. The Morgan fingerprint density at radius 3 is 2.20 bits per heavy atom. The molecule has 118 valence electrons. The van der Waals surface area contributed by atoms with Gasteiger partial charge in [-0.1, -0.05) is 58.3 Å². The fourth-order valence-electron chi connectivity index (χ4n) is 3.01. The summed E-state index contributed by atoms with van der Waals surface area (Å²) in [7, 11) is 2.05. The third-order valence-corrected chi connectivity index (χ3v) is 4.40. The van der Waals surface area contributed by atoms with E-state index < -0.39 is 0 Å². The molecule has 0 radical (unpaired) electrons. The highest BCUT2D eigenvalue weighted by Crippen LogP contribution is 2.14. The first-order valence-corrected chi connectivity index (χ1v) is 8.73. The predicted octanol–water partition coefficient (Wildman–Crippen LogP) is 3.73. The van der Waals surface area contributed by atoms with Crippen LogP contribution < -0.4 is 5.32 Å². The molecule has 1 aliphatic rings. The molecular weight excluding hydrogens is 248 g/mol. The largest absolute Gasteiger partial charge is 0.355 e. The zero-order valence-corrected chi connectivity index (χ0v) is 13.6. The first kappa shape index (κ1) is 17.5. The second-order valence-corrected chi connectivity index (χ2v) is 6.26. The summed E-state index contributed by atoms with van der Waals surface area (Å²) in [5.74, 6) is 0.240. The maximum atomic E-state index is 11.9. The molecule has 0 spiro atoms. The molecule has 3 nitrogen and oxygen atoms in total. The lowest BCUT2D eigenvalue weighted by Crippen LogP contribution is -2.41. The van der Waals surface area contributed by atoms with Crippen LogP contribution in [0, 0.1) is 0 Å². The zero-order valence-electron chi connectivity index (χ0n) is 13.6. The Balaban J connectivity index is 1.86. The first-order valence-electron chi connectivity index (χ1n) is 8.73. The van der Waals surface area contributed by atoms with E-state index in [1.54, 1.807) is 0 Å². The van der Waals surface area contributed by atoms with Crippen LogP contribution >= 0.6 is 0 Å². The number of nitrogens with zero attached hydrogens (tertiary/aromatic N) is 1. The molecule has 1 atom stereocenters. The lowest BCUT2D eigenvalue weighted by molar-refractivity contribution is -0.125. The van der Waals surface area contributed by atoms with Gasteiger partial charge in [-0.05, 0) is 32.9 Å². The number of nitrogens with one attached hydrogen (secondary N) is 1. The van der Waals surface area contributed by atoms with Gasteiger partial charge in [0.2, 0.25) is 5.91 Å². The van der Waals surface area contributed by atoms with Gasteiger partial charge in [-0.3, -0.25) is 9.69 Å². The molecule has 20 heavy (non-hydrogen) atoms. The average molecular weight is 282 g/mol. The van der Waals surface area contributed by atoms with Crippen molar-refractivity contribution in [2.24, 2.45) is 0 Å². The molecule has 1 aliphatic heterocycles. The minimum atomic E-state index is 0.133. The number of amides is 1. The van der Waals surface area contributed by atoms with Crippen molar-refractivity contribution in [2.45, 2.75) is 83.6 Å². The summed E-state index contributed by atoms with van der Waals surface area (Å²) in [6.07, 6.45) is 14.2. The molecule has 3 heteroatoms. The molecule has 1 fully saturated rings. The van der Waals surface area contributed by atoms with Crippen LogP contribution in [0.25, 0.3) is 0 Å². The van der Waals surface area contributed by atoms with E-state index in [1.165, 1.54) is 51.4 Å². The predicted molar refractivity (Wildman–Crippen MR) is 85.9 cm³/mol. The Bertz CT molecular complexity index is 255. The van der Waals surface area contributed by atoms with Gasteiger partial charge in [0.25, 0.3) is 0 Å². The Morgan fingerprint density at radius 2 is 1.65 bits per heavy atom. The van der Waals surface area contributed by atoms with Crippen molar-refractivity contribution in [3.05, 3.63) is 0 Å². The lowest BCUT2D eigenvalue weighted by atomic mass is 10.1. The molecule has 0 aromatic heterocycles. The van der Waals surface area contributed by atoms with E-state index in [2.05, 4.69) is 24.2 Å². The second-order valence-electron chi connectivity index (χ2n) is 6.26. The molecule has 1 unspecified atom stereocenters. The first-order chi connectivity index (χ1) is 9.75. The van der Waals surface area contributed by atoms with Gasteiger partial charge in [-0.25, -0.2) is 0 Å². The van der Waals surface area contributed by atoms with Crippen LogP contribution in [0.2, 0.25) is 0 Å².